The SMILES string of the molecule is CC/C=C\CCCCOC(CCC(=O)OCCCCCCN(C)CC(O)CCCCCC(=O)OCCCCCCCCC)OCCCC/C=C\CC. The van der Waals surface area contributed by atoms with Gasteiger partial charge in [0, 0.05) is 32.6 Å². The van der Waals surface area contributed by atoms with Gasteiger partial charge in [0.1, 0.15) is 0 Å². The molecule has 0 aromatic heterocycles. The maximum Gasteiger partial charge on any atom is 0.305 e. The first-order valence-corrected chi connectivity index (χ1v) is 21.6. The molecule has 0 fully saturated rings. The van der Waals surface area contributed by atoms with Crippen molar-refractivity contribution >= 4 is 11.9 Å². The van der Waals surface area contributed by atoms with Crippen LogP contribution in [0.15, 0.2) is 24.3 Å². The van der Waals surface area contributed by atoms with Gasteiger partial charge in [-0.2, -0.15) is 0 Å². The largest absolute Gasteiger partial charge is 0.466 e. The molecular formula is C44H83NO7. The topological polar surface area (TPSA) is 94.5 Å². The average Bonchev–Trinajstić information content (AvgIpc) is 3.13. The van der Waals surface area contributed by atoms with Crippen LogP contribution in [0.4, 0.5) is 0 Å². The first-order chi connectivity index (χ1) is 25.4. The number of allylic oxidation sites excluding steroid dienone is 4. The van der Waals surface area contributed by atoms with Gasteiger partial charge in [0.05, 0.1) is 25.7 Å². The van der Waals surface area contributed by atoms with Crippen LogP contribution in [0, 0.1) is 0 Å². The van der Waals surface area contributed by atoms with E-state index in [1.807, 2.05) is 0 Å². The molecule has 52 heavy (non-hydrogen) atoms. The summed E-state index contributed by atoms with van der Waals surface area (Å²) in [7, 11) is 2.06. The van der Waals surface area contributed by atoms with E-state index in [1.54, 1.807) is 0 Å². The normalized spacial score (nSPS) is 12.5. The molecule has 1 N–H and O–H groups in total. The van der Waals surface area contributed by atoms with Crippen LogP contribution in [0.2, 0.25) is 0 Å². The second kappa shape index (κ2) is 40.4. The molecule has 0 aromatic rings. The highest BCUT2D eigenvalue weighted by atomic mass is 16.7. The molecule has 306 valence electrons. The summed E-state index contributed by atoms with van der Waals surface area (Å²) in [5.74, 6) is -0.266. The van der Waals surface area contributed by atoms with Crippen LogP contribution in [0.25, 0.3) is 0 Å². The standard InChI is InChI=1S/C44H83NO7/c1-5-8-11-14-17-21-27-36-49-42(47)32-25-23-24-31-41(46)40-45(4)35-26-18-22-28-37-50-43(48)33-34-44(51-38-29-19-15-12-9-6-2)52-39-30-20-16-13-10-7-3/h9-10,12-13,41,44,46H,5-8,11,14-40H2,1-4H3/b12-9-,13-10-. The minimum absolute atomic E-state index is 0.0848. The third-order valence-corrected chi connectivity index (χ3v) is 9.18. The van der Waals surface area contributed by atoms with Crippen molar-refractivity contribution in [1.82, 2.24) is 4.90 Å². The summed E-state index contributed by atoms with van der Waals surface area (Å²) in [6, 6.07) is 0. The summed E-state index contributed by atoms with van der Waals surface area (Å²) in [6.45, 7) is 10.4. The molecule has 0 aliphatic heterocycles. The number of carbonyl (C=O) groups excluding carboxylic acids is 2. The van der Waals surface area contributed by atoms with Crippen molar-refractivity contribution in [2.45, 2.75) is 200 Å². The minimum Gasteiger partial charge on any atom is -0.466 e. The van der Waals surface area contributed by atoms with Gasteiger partial charge in [-0.25, -0.2) is 0 Å². The number of hydrogen-bond acceptors (Lipinski definition) is 8. The Morgan fingerprint density at radius 1 is 0.558 bits per heavy atom. The Hall–Kier alpha value is -1.74. The summed E-state index contributed by atoms with van der Waals surface area (Å²) in [6.07, 6.45) is 33.9. The van der Waals surface area contributed by atoms with Crippen molar-refractivity contribution in [3.05, 3.63) is 24.3 Å². The van der Waals surface area contributed by atoms with E-state index in [-0.39, 0.29) is 24.3 Å². The van der Waals surface area contributed by atoms with Crippen molar-refractivity contribution in [3.8, 4) is 0 Å². The molecule has 1 unspecified atom stereocenters. The number of ether oxygens (including phenoxy) is 4. The molecule has 0 aliphatic carbocycles. The molecular weight excluding hydrogens is 654 g/mol. The van der Waals surface area contributed by atoms with Gasteiger partial charge in [0.2, 0.25) is 0 Å². The van der Waals surface area contributed by atoms with E-state index in [1.165, 1.54) is 32.1 Å². The number of aliphatic hydroxyl groups is 1. The molecule has 8 nitrogen and oxygen atoms in total. The number of likely N-dealkylation sites (N-methyl/N-ethyl adjacent to an activating group) is 1. The lowest BCUT2D eigenvalue weighted by Crippen LogP contribution is -2.29. The highest BCUT2D eigenvalue weighted by Gasteiger charge is 2.14. The molecule has 0 saturated heterocycles. The Bertz CT molecular complexity index is 809. The first kappa shape index (κ1) is 50.3. The number of nitrogens with zero attached hydrogens (tertiary/aromatic N) is 1. The second-order valence-corrected chi connectivity index (χ2v) is 14.5. The first-order valence-electron chi connectivity index (χ1n) is 21.6. The van der Waals surface area contributed by atoms with Gasteiger partial charge in [-0.3, -0.25) is 9.59 Å². The fraction of sp³-hybridized carbons (Fsp3) is 0.864. The Balaban J connectivity index is 3.90. The quantitative estimate of drug-likeness (QED) is 0.0287. The fourth-order valence-electron chi connectivity index (χ4n) is 5.96. The number of carbonyl (C=O) groups is 2. The molecule has 0 heterocycles. The van der Waals surface area contributed by atoms with E-state index in [0.717, 1.165) is 122 Å². The van der Waals surface area contributed by atoms with Crippen LogP contribution < -0.4 is 0 Å². The van der Waals surface area contributed by atoms with Gasteiger partial charge < -0.3 is 29.0 Å². The lowest BCUT2D eigenvalue weighted by Gasteiger charge is -2.20. The smallest absolute Gasteiger partial charge is 0.305 e. The Morgan fingerprint density at radius 2 is 1.06 bits per heavy atom. The minimum atomic E-state index is -0.361. The molecule has 0 aliphatic rings. The zero-order valence-corrected chi connectivity index (χ0v) is 34.4. The number of rotatable bonds is 40. The highest BCUT2D eigenvalue weighted by molar-refractivity contribution is 5.69. The van der Waals surface area contributed by atoms with E-state index < -0.39 is 0 Å². The van der Waals surface area contributed by atoms with Gasteiger partial charge in [-0.1, -0.05) is 109 Å². The molecule has 0 radical (unpaired) electrons. The number of aliphatic hydroxyl groups excluding tert-OH is 1. The predicted molar refractivity (Wildman–Crippen MR) is 216 cm³/mol. The third-order valence-electron chi connectivity index (χ3n) is 9.18. The van der Waals surface area contributed by atoms with Gasteiger partial charge in [-0.15, -0.1) is 0 Å². The van der Waals surface area contributed by atoms with Crippen LogP contribution in [0.5, 0.6) is 0 Å². The van der Waals surface area contributed by atoms with E-state index in [4.69, 9.17) is 18.9 Å². The summed E-state index contributed by atoms with van der Waals surface area (Å²) in [4.78, 5) is 26.5. The summed E-state index contributed by atoms with van der Waals surface area (Å²) < 4.78 is 22.9. The Labute approximate surface area is 320 Å². The average molecular weight is 738 g/mol. The molecule has 0 rings (SSSR count). The molecule has 0 spiro atoms. The third kappa shape index (κ3) is 38.0. The lowest BCUT2D eigenvalue weighted by molar-refractivity contribution is -0.159. The van der Waals surface area contributed by atoms with Gasteiger partial charge >= 0.3 is 11.9 Å². The van der Waals surface area contributed by atoms with Gasteiger partial charge in [0.25, 0.3) is 0 Å². The van der Waals surface area contributed by atoms with Crippen molar-refractivity contribution in [1.29, 1.82) is 0 Å². The van der Waals surface area contributed by atoms with Gasteiger partial charge in [-0.05, 0) is 97.1 Å². The second-order valence-electron chi connectivity index (χ2n) is 14.5. The zero-order valence-electron chi connectivity index (χ0n) is 34.4. The summed E-state index contributed by atoms with van der Waals surface area (Å²) in [5, 5.41) is 10.4. The molecule has 0 saturated carbocycles. The van der Waals surface area contributed by atoms with Crippen molar-refractivity contribution in [2.24, 2.45) is 0 Å². The number of hydrogen-bond donors (Lipinski definition) is 1. The van der Waals surface area contributed by atoms with Crippen LogP contribution in [0.1, 0.15) is 188 Å². The van der Waals surface area contributed by atoms with E-state index in [9.17, 15) is 14.7 Å². The van der Waals surface area contributed by atoms with Crippen LogP contribution >= 0.6 is 0 Å². The Morgan fingerprint density at radius 3 is 1.63 bits per heavy atom. The number of esters is 2. The van der Waals surface area contributed by atoms with E-state index in [0.29, 0.717) is 52.2 Å². The monoisotopic (exact) mass is 738 g/mol. The summed E-state index contributed by atoms with van der Waals surface area (Å²) >= 11 is 0. The molecule has 8 heteroatoms. The van der Waals surface area contributed by atoms with Crippen LogP contribution in [-0.2, 0) is 28.5 Å². The van der Waals surface area contributed by atoms with Crippen molar-refractivity contribution < 1.29 is 33.6 Å². The van der Waals surface area contributed by atoms with Gasteiger partial charge in [0.15, 0.2) is 6.29 Å². The lowest BCUT2D eigenvalue weighted by atomic mass is 10.1. The Kier molecular flexibility index (Phi) is 39.1. The molecule has 0 bridgehead atoms. The van der Waals surface area contributed by atoms with Crippen molar-refractivity contribution in [3.63, 3.8) is 0 Å². The molecule has 0 aromatic carbocycles. The van der Waals surface area contributed by atoms with E-state index in [2.05, 4.69) is 57.0 Å². The maximum absolute atomic E-state index is 12.4. The zero-order chi connectivity index (χ0) is 38.2. The molecule has 0 amide bonds. The van der Waals surface area contributed by atoms with E-state index >= 15 is 0 Å². The fourth-order valence-corrected chi connectivity index (χ4v) is 5.96. The molecule has 1 atom stereocenters. The highest BCUT2D eigenvalue weighted by Crippen LogP contribution is 2.12. The van der Waals surface area contributed by atoms with Crippen molar-refractivity contribution in [2.75, 3.05) is 46.6 Å². The maximum atomic E-state index is 12.4. The van der Waals surface area contributed by atoms with Crippen LogP contribution in [0.3, 0.4) is 0 Å². The number of unbranched alkanes of at least 4 members (excludes halogenated alkanes) is 15. The summed E-state index contributed by atoms with van der Waals surface area (Å²) in [5.41, 5.74) is 0. The van der Waals surface area contributed by atoms with Crippen LogP contribution in [-0.4, -0.2) is 80.9 Å². The predicted octanol–water partition coefficient (Wildman–Crippen LogP) is 11.0.